The Morgan fingerprint density at radius 3 is 2.55 bits per heavy atom. The van der Waals surface area contributed by atoms with Crippen LogP contribution in [0, 0.1) is 12.8 Å². The summed E-state index contributed by atoms with van der Waals surface area (Å²) in [5.41, 5.74) is 1.46. The van der Waals surface area contributed by atoms with Gasteiger partial charge in [0.15, 0.2) is 12.4 Å². The van der Waals surface area contributed by atoms with Crippen molar-refractivity contribution < 1.29 is 28.3 Å². The van der Waals surface area contributed by atoms with Crippen LogP contribution < -0.4 is 0 Å². The number of ether oxygens (including phenoxy) is 2. The summed E-state index contributed by atoms with van der Waals surface area (Å²) in [4.78, 5) is 43.6. The van der Waals surface area contributed by atoms with E-state index >= 15 is 0 Å². The fourth-order valence-electron chi connectivity index (χ4n) is 3.96. The summed E-state index contributed by atoms with van der Waals surface area (Å²) in [5, 5.41) is 0.636. The maximum Gasteiger partial charge on any atom is 0.339 e. The predicted octanol–water partition coefficient (Wildman–Crippen LogP) is 3.76. The Morgan fingerprint density at radius 2 is 1.85 bits per heavy atom. The molecule has 1 saturated heterocycles. The number of carbonyl (C=O) groups excluding carboxylic acids is 3. The number of esters is 2. The zero-order chi connectivity index (χ0) is 23.4. The number of furan rings is 1. The van der Waals surface area contributed by atoms with Crippen molar-refractivity contribution in [2.24, 2.45) is 5.92 Å². The molecule has 0 bridgehead atoms. The summed E-state index contributed by atoms with van der Waals surface area (Å²) >= 11 is 0. The molecule has 1 fully saturated rings. The van der Waals surface area contributed by atoms with Gasteiger partial charge in [-0.2, -0.15) is 0 Å². The SMILES string of the molecule is CCOC(=O)C1CCN(C(=O)COC(=O)c2cc(-c3ccc(C)o3)nc3ccccc23)CC1. The molecule has 3 aromatic rings. The number of hydrogen-bond donors (Lipinski definition) is 0. The van der Waals surface area contributed by atoms with Gasteiger partial charge >= 0.3 is 11.9 Å². The average Bonchev–Trinajstić information content (AvgIpc) is 3.28. The van der Waals surface area contributed by atoms with E-state index in [1.807, 2.05) is 31.2 Å². The first kappa shape index (κ1) is 22.5. The standard InChI is InChI=1S/C25H26N2O6/c1-3-31-24(29)17-10-12-27(13-11-17)23(28)15-32-25(30)19-14-21(22-9-8-16(2)33-22)26-20-7-5-4-6-18(19)20/h4-9,14,17H,3,10-13,15H2,1-2H3. The van der Waals surface area contributed by atoms with E-state index in [4.69, 9.17) is 13.9 Å². The first-order chi connectivity index (χ1) is 16.0. The Balaban J connectivity index is 1.44. The summed E-state index contributed by atoms with van der Waals surface area (Å²) in [7, 11) is 0. The van der Waals surface area contributed by atoms with Crippen molar-refractivity contribution in [2.45, 2.75) is 26.7 Å². The van der Waals surface area contributed by atoms with Gasteiger partial charge in [-0.15, -0.1) is 0 Å². The van der Waals surface area contributed by atoms with Crippen LogP contribution in [0.1, 0.15) is 35.9 Å². The number of fused-ring (bicyclic) bond motifs is 1. The molecule has 1 aliphatic rings. The summed E-state index contributed by atoms with van der Waals surface area (Å²) in [6, 6.07) is 12.5. The van der Waals surface area contributed by atoms with E-state index in [0.717, 1.165) is 5.76 Å². The number of piperidine rings is 1. The van der Waals surface area contributed by atoms with Gasteiger partial charge in [-0.05, 0) is 51.0 Å². The molecule has 0 unspecified atom stereocenters. The van der Waals surface area contributed by atoms with E-state index < -0.39 is 5.97 Å². The summed E-state index contributed by atoms with van der Waals surface area (Å²) in [5.74, 6) is -0.0143. The van der Waals surface area contributed by atoms with E-state index in [2.05, 4.69) is 4.98 Å². The van der Waals surface area contributed by atoms with Crippen LogP contribution in [0.4, 0.5) is 0 Å². The number of benzene rings is 1. The van der Waals surface area contributed by atoms with Crippen LogP contribution in [0.25, 0.3) is 22.4 Å². The number of rotatable bonds is 6. The largest absolute Gasteiger partial charge is 0.466 e. The van der Waals surface area contributed by atoms with Gasteiger partial charge in [0.25, 0.3) is 5.91 Å². The van der Waals surface area contributed by atoms with E-state index in [1.54, 1.807) is 30.0 Å². The number of hydrogen-bond acceptors (Lipinski definition) is 7. The molecule has 0 spiro atoms. The summed E-state index contributed by atoms with van der Waals surface area (Å²) < 4.78 is 16.1. The lowest BCUT2D eigenvalue weighted by atomic mass is 9.97. The molecule has 0 aliphatic carbocycles. The van der Waals surface area contributed by atoms with Gasteiger partial charge < -0.3 is 18.8 Å². The first-order valence-electron chi connectivity index (χ1n) is 11.0. The second kappa shape index (κ2) is 9.85. The number of likely N-dealkylation sites (tertiary alicyclic amines) is 1. The molecule has 172 valence electrons. The third-order valence-corrected chi connectivity index (χ3v) is 5.72. The fourth-order valence-corrected chi connectivity index (χ4v) is 3.96. The Labute approximate surface area is 191 Å². The number of para-hydroxylation sites is 1. The number of amides is 1. The molecule has 0 N–H and O–H groups in total. The van der Waals surface area contributed by atoms with Crippen LogP contribution in [-0.2, 0) is 19.1 Å². The average molecular weight is 450 g/mol. The Bertz CT molecular complexity index is 1180. The maximum absolute atomic E-state index is 12.9. The van der Waals surface area contributed by atoms with Crippen molar-refractivity contribution in [3.63, 3.8) is 0 Å². The molecule has 8 nitrogen and oxygen atoms in total. The summed E-state index contributed by atoms with van der Waals surface area (Å²) in [6.45, 7) is 4.45. The Hall–Kier alpha value is -3.68. The van der Waals surface area contributed by atoms with Crippen LogP contribution in [0.3, 0.4) is 0 Å². The highest BCUT2D eigenvalue weighted by atomic mass is 16.5. The van der Waals surface area contributed by atoms with Gasteiger partial charge in [-0.1, -0.05) is 18.2 Å². The predicted molar refractivity (Wildman–Crippen MR) is 120 cm³/mol. The quantitative estimate of drug-likeness (QED) is 0.527. The van der Waals surface area contributed by atoms with Crippen molar-refractivity contribution in [2.75, 3.05) is 26.3 Å². The van der Waals surface area contributed by atoms with E-state index in [9.17, 15) is 14.4 Å². The van der Waals surface area contributed by atoms with E-state index in [1.165, 1.54) is 0 Å². The third kappa shape index (κ3) is 5.05. The summed E-state index contributed by atoms with van der Waals surface area (Å²) in [6.07, 6.45) is 1.08. The van der Waals surface area contributed by atoms with Gasteiger partial charge in [0.05, 0.1) is 23.6 Å². The van der Waals surface area contributed by atoms with Crippen LogP contribution in [-0.4, -0.2) is 54.0 Å². The molecule has 1 aromatic carbocycles. The Kier molecular flexibility index (Phi) is 6.72. The van der Waals surface area contributed by atoms with Crippen LogP contribution in [0.5, 0.6) is 0 Å². The van der Waals surface area contributed by atoms with Crippen molar-refractivity contribution in [3.8, 4) is 11.5 Å². The molecule has 0 atom stereocenters. The highest BCUT2D eigenvalue weighted by molar-refractivity contribution is 6.05. The number of pyridine rings is 1. The second-order valence-electron chi connectivity index (χ2n) is 7.97. The molecule has 4 rings (SSSR count). The molecular formula is C25H26N2O6. The van der Waals surface area contributed by atoms with Crippen molar-refractivity contribution >= 4 is 28.7 Å². The lowest BCUT2D eigenvalue weighted by Crippen LogP contribution is -2.42. The zero-order valence-electron chi connectivity index (χ0n) is 18.7. The number of carbonyl (C=O) groups is 3. The fraction of sp³-hybridized carbons (Fsp3) is 0.360. The van der Waals surface area contributed by atoms with Gasteiger partial charge in [0.1, 0.15) is 11.5 Å². The minimum absolute atomic E-state index is 0.191. The number of aryl methyl sites for hydroxylation is 1. The monoisotopic (exact) mass is 450 g/mol. The molecule has 8 heteroatoms. The normalized spacial score (nSPS) is 14.3. The van der Waals surface area contributed by atoms with Gasteiger partial charge in [0, 0.05) is 18.5 Å². The highest BCUT2D eigenvalue weighted by Crippen LogP contribution is 2.27. The molecule has 1 aliphatic heterocycles. The van der Waals surface area contributed by atoms with Crippen LogP contribution >= 0.6 is 0 Å². The van der Waals surface area contributed by atoms with Crippen LogP contribution in [0.2, 0.25) is 0 Å². The highest BCUT2D eigenvalue weighted by Gasteiger charge is 2.28. The minimum atomic E-state index is -0.604. The lowest BCUT2D eigenvalue weighted by Gasteiger charge is -2.30. The maximum atomic E-state index is 12.9. The van der Waals surface area contributed by atoms with Crippen molar-refractivity contribution in [3.05, 3.63) is 53.8 Å². The third-order valence-electron chi connectivity index (χ3n) is 5.72. The molecule has 2 aromatic heterocycles. The second-order valence-corrected chi connectivity index (χ2v) is 7.97. The molecule has 33 heavy (non-hydrogen) atoms. The first-order valence-corrected chi connectivity index (χ1v) is 11.0. The molecule has 0 saturated carbocycles. The van der Waals surface area contributed by atoms with Gasteiger partial charge in [0.2, 0.25) is 0 Å². The minimum Gasteiger partial charge on any atom is -0.466 e. The molecule has 1 amide bonds. The smallest absolute Gasteiger partial charge is 0.339 e. The molecular weight excluding hydrogens is 424 g/mol. The number of aromatic nitrogens is 1. The molecule has 0 radical (unpaired) electrons. The van der Waals surface area contributed by atoms with E-state index in [-0.39, 0.29) is 24.4 Å². The van der Waals surface area contributed by atoms with Gasteiger partial charge in [-0.25, -0.2) is 9.78 Å². The Morgan fingerprint density at radius 1 is 1.09 bits per heavy atom. The number of nitrogens with zero attached hydrogens (tertiary/aromatic N) is 2. The van der Waals surface area contributed by atoms with Crippen LogP contribution in [0.15, 0.2) is 46.9 Å². The van der Waals surface area contributed by atoms with Gasteiger partial charge in [-0.3, -0.25) is 9.59 Å². The zero-order valence-corrected chi connectivity index (χ0v) is 18.7. The van der Waals surface area contributed by atoms with Crippen molar-refractivity contribution in [1.29, 1.82) is 0 Å². The molecule has 3 heterocycles. The van der Waals surface area contributed by atoms with E-state index in [0.29, 0.717) is 60.5 Å². The topological polar surface area (TPSA) is 98.9 Å². The lowest BCUT2D eigenvalue weighted by molar-refractivity contribution is -0.151. The van der Waals surface area contributed by atoms with Crippen molar-refractivity contribution in [1.82, 2.24) is 9.88 Å².